The summed E-state index contributed by atoms with van der Waals surface area (Å²) in [7, 11) is -2.40. The first-order valence-corrected chi connectivity index (χ1v) is 1.58. The molecule has 0 heterocycles. The SMILES string of the molecule is [2H][P+](=O)N=C=O. The summed E-state index contributed by atoms with van der Waals surface area (Å²) in [5.74, 6) is 0. The van der Waals surface area contributed by atoms with Gasteiger partial charge in [-0.1, -0.05) is 0 Å². The zero-order chi connectivity index (χ0) is 4.99. The van der Waals surface area contributed by atoms with Crippen molar-refractivity contribution in [2.24, 2.45) is 4.76 Å². The molecular weight excluding hydrogens is 89.0 g/mol. The lowest BCUT2D eigenvalue weighted by molar-refractivity contribution is 0.565. The smallest absolute Gasteiger partial charge is 0.207 e. The first-order chi connectivity index (χ1) is 2.77. The van der Waals surface area contributed by atoms with Crippen LogP contribution in [-0.2, 0) is 9.36 Å². The maximum absolute atomic E-state index is 9.43. The van der Waals surface area contributed by atoms with E-state index >= 15 is 0 Å². The van der Waals surface area contributed by atoms with E-state index in [9.17, 15) is 4.57 Å². The molecule has 1 atom stereocenters. The minimum absolute atomic E-state index is 0.971. The zero-order valence-corrected chi connectivity index (χ0v) is 3.11. The molecule has 0 aromatic carbocycles. The molecule has 0 radical (unpaired) electrons. The van der Waals surface area contributed by atoms with Gasteiger partial charge in [0.25, 0.3) is 6.08 Å². The number of carbonyl (C=O) groups excluding carboxylic acids is 1. The highest BCUT2D eigenvalue weighted by molar-refractivity contribution is 7.22. The Hall–Kier alpha value is -0.520. The van der Waals surface area contributed by atoms with Crippen molar-refractivity contribution in [3.8, 4) is 0 Å². The summed E-state index contributed by atoms with van der Waals surface area (Å²) in [6.07, 6.45) is 0.971. The fraction of sp³-hybridized carbons (Fsp3) is 0. The molecule has 0 fully saturated rings. The predicted octanol–water partition coefficient (Wildman–Crippen LogP) is 0.261. The van der Waals surface area contributed by atoms with Crippen LogP contribution in [0, 0.1) is 0 Å². The molecule has 0 bridgehead atoms. The van der Waals surface area contributed by atoms with Gasteiger partial charge in [0.2, 0.25) is 0 Å². The second kappa shape index (κ2) is 3.48. The molecule has 4 heteroatoms. The van der Waals surface area contributed by atoms with E-state index < -0.39 is 8.56 Å². The Morgan fingerprint density at radius 1 is 2.20 bits per heavy atom. The van der Waals surface area contributed by atoms with Crippen LogP contribution in [0.1, 0.15) is 0 Å². The van der Waals surface area contributed by atoms with Crippen LogP contribution < -0.4 is 0 Å². The molecule has 26 valence electrons. The Morgan fingerprint density at radius 2 is 2.80 bits per heavy atom. The van der Waals surface area contributed by atoms with Gasteiger partial charge in [0.15, 0.2) is 0 Å². The maximum Gasteiger partial charge on any atom is 0.482 e. The van der Waals surface area contributed by atoms with Crippen molar-refractivity contribution in [3.63, 3.8) is 0 Å². The second-order valence-electron chi connectivity index (χ2n) is 0.273. The predicted molar refractivity (Wildman–Crippen MR) is 17.1 cm³/mol. The summed E-state index contributed by atoms with van der Waals surface area (Å²) >= 11 is 0. The van der Waals surface area contributed by atoms with Crippen LogP contribution in [0.2, 0.25) is 0 Å². The molecule has 0 aromatic heterocycles. The van der Waals surface area contributed by atoms with Crippen LogP contribution in [0.25, 0.3) is 0 Å². The Bertz CT molecular complexity index is 106. The van der Waals surface area contributed by atoms with Crippen molar-refractivity contribution in [2.75, 3.05) is 0 Å². The van der Waals surface area contributed by atoms with Gasteiger partial charge in [-0.15, -0.1) is 0 Å². The number of nitrogens with zero attached hydrogens (tertiary/aromatic N) is 1. The summed E-state index contributed by atoms with van der Waals surface area (Å²) < 4.78 is 18.0. The van der Waals surface area contributed by atoms with Crippen molar-refractivity contribution >= 4 is 14.6 Å². The van der Waals surface area contributed by atoms with Crippen LogP contribution >= 0.6 is 8.56 Å². The van der Waals surface area contributed by atoms with Crippen molar-refractivity contribution in [1.82, 2.24) is 0 Å². The molecule has 0 spiro atoms. The van der Waals surface area contributed by atoms with Crippen LogP contribution in [0.3, 0.4) is 0 Å². The van der Waals surface area contributed by atoms with Gasteiger partial charge < -0.3 is 0 Å². The minimum atomic E-state index is -2.40. The summed E-state index contributed by atoms with van der Waals surface area (Å²) in [6.45, 7) is 0. The molecule has 5 heavy (non-hydrogen) atoms. The molecule has 1 unspecified atom stereocenters. The third-order valence-corrected chi connectivity index (χ3v) is 0.245. The maximum atomic E-state index is 9.43. The van der Waals surface area contributed by atoms with Gasteiger partial charge >= 0.3 is 9.83 Å². The van der Waals surface area contributed by atoms with Gasteiger partial charge in [0.1, 0.15) is 0 Å². The van der Waals surface area contributed by atoms with Crippen molar-refractivity contribution in [3.05, 3.63) is 0 Å². The van der Waals surface area contributed by atoms with Gasteiger partial charge in [-0.25, -0.2) is 4.79 Å². The van der Waals surface area contributed by atoms with Crippen molar-refractivity contribution in [1.29, 1.82) is 1.28 Å². The lowest BCUT2D eigenvalue weighted by Crippen LogP contribution is -1.28. The second-order valence-corrected chi connectivity index (χ2v) is 0.636. The van der Waals surface area contributed by atoms with Crippen molar-refractivity contribution < 1.29 is 9.36 Å². The van der Waals surface area contributed by atoms with E-state index in [2.05, 4.69) is 4.76 Å². The van der Waals surface area contributed by atoms with Gasteiger partial charge in [-0.3, -0.25) is 0 Å². The summed E-state index contributed by atoms with van der Waals surface area (Å²) in [6, 6.07) is 0. The lowest BCUT2D eigenvalue weighted by Gasteiger charge is -1.22. The first kappa shape index (κ1) is 2.70. The average molecular weight is 91.0 g/mol. The Balaban J connectivity index is 3.60. The zero-order valence-electron chi connectivity index (χ0n) is 3.21. The van der Waals surface area contributed by atoms with E-state index in [1.165, 1.54) is 0 Å². The van der Waals surface area contributed by atoms with E-state index in [-0.39, 0.29) is 0 Å². The topological polar surface area (TPSA) is 46.5 Å². The molecule has 0 amide bonds. The fourth-order valence-corrected chi connectivity index (χ4v) is 0.0500. The first-order valence-electron chi connectivity index (χ1n) is 1.26. The van der Waals surface area contributed by atoms with E-state index in [0.29, 0.717) is 0 Å². The lowest BCUT2D eigenvalue weighted by atomic mass is 11.7. The van der Waals surface area contributed by atoms with E-state index in [4.69, 9.17) is 6.07 Å². The fourth-order valence-electron chi connectivity index (χ4n) is 0.0167. The van der Waals surface area contributed by atoms with Gasteiger partial charge in [-0.2, -0.15) is 0 Å². The third kappa shape index (κ3) is 3.48. The van der Waals surface area contributed by atoms with Crippen LogP contribution in [0.4, 0.5) is 0 Å². The Morgan fingerprint density at radius 3 is 2.80 bits per heavy atom. The average Bonchev–Trinajstić information content (AvgIpc) is 1.35. The van der Waals surface area contributed by atoms with Crippen LogP contribution in [0.5, 0.6) is 0 Å². The van der Waals surface area contributed by atoms with E-state index in [1.54, 1.807) is 0 Å². The monoisotopic (exact) mass is 91.0 g/mol. The quantitative estimate of drug-likeness (QED) is 0.264. The summed E-state index contributed by atoms with van der Waals surface area (Å²) in [5, 5.41) is 0. The van der Waals surface area contributed by atoms with Gasteiger partial charge in [-0.05, 0) is 4.57 Å². The van der Waals surface area contributed by atoms with Crippen LogP contribution in [-0.4, -0.2) is 7.36 Å². The molecule has 0 aliphatic heterocycles. The normalized spacial score (nSPS) is 11.2. The van der Waals surface area contributed by atoms with Crippen molar-refractivity contribution in [2.45, 2.75) is 0 Å². The Labute approximate surface area is 31.3 Å². The van der Waals surface area contributed by atoms with E-state index in [1.807, 2.05) is 0 Å². The van der Waals surface area contributed by atoms with Gasteiger partial charge in [0, 0.05) is 0 Å². The number of rotatable bonds is 1. The highest BCUT2D eigenvalue weighted by Crippen LogP contribution is 1.84. The van der Waals surface area contributed by atoms with Gasteiger partial charge in [0.05, 0.1) is 4.76 Å². The summed E-state index contributed by atoms with van der Waals surface area (Å²) in [4.78, 5) is 9.02. The summed E-state index contributed by atoms with van der Waals surface area (Å²) in [5.41, 5.74) is 0. The molecule has 0 rings (SSSR count). The molecule has 0 aliphatic rings. The molecule has 3 nitrogen and oxygen atoms in total. The standard InChI is InChI=1S/CNO2P/c3-1-2-5-4/p+1/i/hD. The van der Waals surface area contributed by atoms with Crippen LogP contribution in [0.15, 0.2) is 4.76 Å². The number of hydrogen-bond donors (Lipinski definition) is 0. The molecular formula is CHNO2P+. The van der Waals surface area contributed by atoms with E-state index in [0.717, 1.165) is 6.08 Å². The molecule has 0 N–H and O–H groups in total. The molecule has 0 saturated carbocycles. The highest BCUT2D eigenvalue weighted by Gasteiger charge is 1.66. The molecule has 0 aromatic rings. The molecule has 0 aliphatic carbocycles. The molecule has 0 saturated heterocycles. The largest absolute Gasteiger partial charge is 0.482 e. The third-order valence-electron chi connectivity index (χ3n) is 0.0816. The number of isocyanates is 1. The minimum Gasteiger partial charge on any atom is -0.207 e. The Kier molecular flexibility index (Phi) is 1.88. The highest BCUT2D eigenvalue weighted by atomic mass is 31.1. The number of hydrogen-bond acceptors (Lipinski definition) is 2.